The molecule has 6 nitrogen and oxygen atoms in total. The Bertz CT molecular complexity index is 714. The minimum absolute atomic E-state index is 0.0577. The van der Waals surface area contributed by atoms with Crippen LogP contribution in [0.2, 0.25) is 0 Å². The number of urea groups is 1. The number of halogens is 3. The largest absolute Gasteiger partial charge is 0.434 e. The first-order chi connectivity index (χ1) is 11.4. The van der Waals surface area contributed by atoms with Crippen LogP contribution in [-0.2, 0) is 19.1 Å². The van der Waals surface area contributed by atoms with Gasteiger partial charge < -0.3 is 9.88 Å². The standard InChI is InChI=1S/C15H16F3N5O/c16-15(17,18)11-9-23-8-10(4-5-13(23)21-11)7-20-14(24)22-12-3-1-2-6-19-12/h1-3,6,9-10H,4-5,7-8H2,(H2,19,20,22,24)/t10-/m0/s1. The summed E-state index contributed by atoms with van der Waals surface area (Å²) in [6.07, 6.45) is -0.686. The highest BCUT2D eigenvalue weighted by molar-refractivity contribution is 5.88. The molecule has 1 aliphatic heterocycles. The first kappa shape index (κ1) is 16.3. The fourth-order valence-electron chi connectivity index (χ4n) is 2.65. The van der Waals surface area contributed by atoms with E-state index in [1.807, 2.05) is 0 Å². The lowest BCUT2D eigenvalue weighted by Gasteiger charge is -2.23. The van der Waals surface area contributed by atoms with Gasteiger partial charge in [-0.25, -0.2) is 14.8 Å². The monoisotopic (exact) mass is 339 g/mol. The van der Waals surface area contributed by atoms with Gasteiger partial charge in [-0.2, -0.15) is 13.2 Å². The molecule has 0 aromatic carbocycles. The molecule has 0 bridgehead atoms. The van der Waals surface area contributed by atoms with Gasteiger partial charge in [0, 0.05) is 31.9 Å². The number of pyridine rings is 1. The minimum atomic E-state index is -4.43. The number of hydrogen-bond acceptors (Lipinski definition) is 3. The number of aromatic nitrogens is 3. The molecule has 1 aliphatic rings. The van der Waals surface area contributed by atoms with E-state index in [2.05, 4.69) is 20.6 Å². The van der Waals surface area contributed by atoms with Gasteiger partial charge in [0.15, 0.2) is 5.69 Å². The lowest BCUT2D eigenvalue weighted by Crippen LogP contribution is -2.36. The third kappa shape index (κ3) is 3.84. The molecule has 0 fully saturated rings. The van der Waals surface area contributed by atoms with E-state index in [1.165, 1.54) is 4.57 Å². The summed E-state index contributed by atoms with van der Waals surface area (Å²) in [5, 5.41) is 5.32. The highest BCUT2D eigenvalue weighted by Gasteiger charge is 2.35. The maximum Gasteiger partial charge on any atom is 0.434 e. The zero-order valence-electron chi connectivity index (χ0n) is 12.7. The Balaban J connectivity index is 1.53. The molecule has 9 heteroatoms. The molecular formula is C15H16F3N5O. The van der Waals surface area contributed by atoms with Crippen molar-refractivity contribution in [3.8, 4) is 0 Å². The third-order valence-electron chi connectivity index (χ3n) is 3.84. The summed E-state index contributed by atoms with van der Waals surface area (Å²) in [7, 11) is 0. The van der Waals surface area contributed by atoms with Gasteiger partial charge >= 0.3 is 12.2 Å². The van der Waals surface area contributed by atoms with Crippen molar-refractivity contribution in [3.63, 3.8) is 0 Å². The summed E-state index contributed by atoms with van der Waals surface area (Å²) in [6.45, 7) is 0.778. The summed E-state index contributed by atoms with van der Waals surface area (Å²) < 4.78 is 39.6. The van der Waals surface area contributed by atoms with Crippen molar-refractivity contribution >= 4 is 11.8 Å². The predicted molar refractivity (Wildman–Crippen MR) is 80.3 cm³/mol. The molecule has 2 aromatic heterocycles. The van der Waals surface area contributed by atoms with Crippen LogP contribution in [0, 0.1) is 5.92 Å². The molecule has 128 valence electrons. The lowest BCUT2D eigenvalue weighted by molar-refractivity contribution is -0.141. The van der Waals surface area contributed by atoms with Crippen LogP contribution in [0.25, 0.3) is 0 Å². The Morgan fingerprint density at radius 1 is 1.38 bits per heavy atom. The molecule has 2 amide bonds. The molecule has 2 N–H and O–H groups in total. The quantitative estimate of drug-likeness (QED) is 0.903. The molecule has 0 unspecified atom stereocenters. The average molecular weight is 339 g/mol. The molecule has 0 aliphatic carbocycles. The second-order valence-corrected chi connectivity index (χ2v) is 5.65. The molecule has 0 saturated heterocycles. The Labute approximate surface area is 136 Å². The van der Waals surface area contributed by atoms with Crippen molar-refractivity contribution < 1.29 is 18.0 Å². The SMILES string of the molecule is O=C(NC[C@@H]1CCc2nc(C(F)(F)F)cn2C1)Nc1ccccn1. The van der Waals surface area contributed by atoms with E-state index in [9.17, 15) is 18.0 Å². The van der Waals surface area contributed by atoms with Crippen molar-refractivity contribution in [2.24, 2.45) is 5.92 Å². The fourth-order valence-corrected chi connectivity index (χ4v) is 2.65. The smallest absolute Gasteiger partial charge is 0.337 e. The second-order valence-electron chi connectivity index (χ2n) is 5.65. The van der Waals surface area contributed by atoms with Crippen LogP contribution >= 0.6 is 0 Å². The number of hydrogen-bond donors (Lipinski definition) is 2. The van der Waals surface area contributed by atoms with Crippen molar-refractivity contribution in [2.75, 3.05) is 11.9 Å². The summed E-state index contributed by atoms with van der Waals surface area (Å²) in [4.78, 5) is 19.4. The van der Waals surface area contributed by atoms with Gasteiger partial charge in [0.05, 0.1) is 0 Å². The summed E-state index contributed by atoms with van der Waals surface area (Å²) in [5.41, 5.74) is -0.862. The van der Waals surface area contributed by atoms with Crippen molar-refractivity contribution in [2.45, 2.75) is 25.6 Å². The summed E-state index contributed by atoms with van der Waals surface area (Å²) >= 11 is 0. The number of nitrogens with zero attached hydrogens (tertiary/aromatic N) is 3. The van der Waals surface area contributed by atoms with Crippen LogP contribution in [0.5, 0.6) is 0 Å². The lowest BCUT2D eigenvalue weighted by atomic mass is 9.99. The summed E-state index contributed by atoms with van der Waals surface area (Å²) in [6, 6.07) is 4.77. The highest BCUT2D eigenvalue weighted by atomic mass is 19.4. The van der Waals surface area contributed by atoms with Gasteiger partial charge in [-0.15, -0.1) is 0 Å². The first-order valence-corrected chi connectivity index (χ1v) is 7.51. The van der Waals surface area contributed by atoms with E-state index in [1.54, 1.807) is 24.4 Å². The number of rotatable bonds is 3. The molecule has 0 saturated carbocycles. The van der Waals surface area contributed by atoms with Crippen molar-refractivity contribution in [1.29, 1.82) is 0 Å². The molecule has 1 atom stereocenters. The molecule has 2 aromatic rings. The molecule has 24 heavy (non-hydrogen) atoms. The van der Waals surface area contributed by atoms with Gasteiger partial charge in [0.25, 0.3) is 0 Å². The average Bonchev–Trinajstić information content (AvgIpc) is 2.97. The van der Waals surface area contributed by atoms with E-state index >= 15 is 0 Å². The molecule has 3 heterocycles. The number of aryl methyl sites for hydroxylation is 1. The van der Waals surface area contributed by atoms with Crippen LogP contribution in [0.1, 0.15) is 17.9 Å². The fraction of sp³-hybridized carbons (Fsp3) is 0.400. The van der Waals surface area contributed by atoms with Gasteiger partial charge in [-0.3, -0.25) is 5.32 Å². The number of alkyl halides is 3. The predicted octanol–water partition coefficient (Wildman–Crippen LogP) is 2.68. The van der Waals surface area contributed by atoms with E-state index in [-0.39, 0.29) is 11.9 Å². The summed E-state index contributed by atoms with van der Waals surface area (Å²) in [5.74, 6) is 0.934. The zero-order chi connectivity index (χ0) is 17.2. The number of nitrogens with one attached hydrogen (secondary N) is 2. The van der Waals surface area contributed by atoms with Crippen LogP contribution < -0.4 is 10.6 Å². The van der Waals surface area contributed by atoms with Crippen molar-refractivity contribution in [3.05, 3.63) is 42.1 Å². The third-order valence-corrected chi connectivity index (χ3v) is 3.84. The maximum atomic E-state index is 12.7. The van der Waals surface area contributed by atoms with E-state index in [0.717, 1.165) is 6.20 Å². The highest BCUT2D eigenvalue weighted by Crippen LogP contribution is 2.30. The number of fused-ring (bicyclic) bond motifs is 1. The van der Waals surface area contributed by atoms with Gasteiger partial charge in [-0.1, -0.05) is 6.07 Å². The maximum absolute atomic E-state index is 12.7. The van der Waals surface area contributed by atoms with Gasteiger partial charge in [0.1, 0.15) is 11.6 Å². The normalized spacial score (nSPS) is 17.2. The van der Waals surface area contributed by atoms with E-state index < -0.39 is 11.9 Å². The molecular weight excluding hydrogens is 323 g/mol. The van der Waals surface area contributed by atoms with E-state index in [4.69, 9.17) is 0 Å². The second kappa shape index (κ2) is 6.50. The number of carbonyl (C=O) groups is 1. The van der Waals surface area contributed by atoms with Crippen LogP contribution in [0.15, 0.2) is 30.6 Å². The van der Waals surface area contributed by atoms with Crippen molar-refractivity contribution in [1.82, 2.24) is 19.9 Å². The van der Waals surface area contributed by atoms with Crippen LogP contribution in [0.4, 0.5) is 23.8 Å². The molecule has 0 radical (unpaired) electrons. The zero-order valence-corrected chi connectivity index (χ0v) is 12.7. The number of anilines is 1. The van der Waals surface area contributed by atoms with Crippen LogP contribution in [-0.4, -0.2) is 27.1 Å². The van der Waals surface area contributed by atoms with E-state index in [0.29, 0.717) is 37.6 Å². The Hall–Kier alpha value is -2.58. The minimum Gasteiger partial charge on any atom is -0.337 e. The van der Waals surface area contributed by atoms with Gasteiger partial charge in [-0.05, 0) is 24.5 Å². The number of carbonyl (C=O) groups excluding carboxylic acids is 1. The topological polar surface area (TPSA) is 71.8 Å². The molecule has 3 rings (SSSR count). The Morgan fingerprint density at radius 3 is 2.92 bits per heavy atom. The van der Waals surface area contributed by atoms with Gasteiger partial charge in [0.2, 0.25) is 0 Å². The number of imidazole rings is 1. The Kier molecular flexibility index (Phi) is 4.41. The first-order valence-electron chi connectivity index (χ1n) is 7.51. The molecule has 0 spiro atoms. The Morgan fingerprint density at radius 2 is 2.21 bits per heavy atom. The van der Waals surface area contributed by atoms with Crippen LogP contribution in [0.3, 0.4) is 0 Å². The number of amides is 2.